The second-order valence-corrected chi connectivity index (χ2v) is 6.17. The summed E-state index contributed by atoms with van der Waals surface area (Å²) in [7, 11) is 0. The van der Waals surface area contributed by atoms with Gasteiger partial charge in [-0.15, -0.1) is 0 Å². The number of rotatable bonds is 3. The Balaban J connectivity index is 1.65. The quantitative estimate of drug-likeness (QED) is 0.798. The molecule has 24 heavy (non-hydrogen) atoms. The third-order valence-corrected chi connectivity index (χ3v) is 4.21. The van der Waals surface area contributed by atoms with Gasteiger partial charge in [0, 0.05) is 23.4 Å². The van der Waals surface area contributed by atoms with Crippen LogP contribution in [0.2, 0.25) is 5.02 Å². The van der Waals surface area contributed by atoms with Crippen LogP contribution in [0, 0.1) is 6.92 Å². The van der Waals surface area contributed by atoms with Gasteiger partial charge in [0.2, 0.25) is 0 Å². The number of aromatic nitrogens is 1. The van der Waals surface area contributed by atoms with Crippen LogP contribution in [0.1, 0.15) is 23.7 Å². The zero-order valence-corrected chi connectivity index (χ0v) is 13.9. The van der Waals surface area contributed by atoms with Gasteiger partial charge in [-0.05, 0) is 37.1 Å². The molecule has 1 aromatic heterocycles. The smallest absolute Gasteiger partial charge is 0.319 e. The number of anilines is 1. The van der Waals surface area contributed by atoms with Crippen molar-refractivity contribution in [2.75, 3.05) is 11.9 Å². The summed E-state index contributed by atoms with van der Waals surface area (Å²) in [5, 5.41) is 6.31. The molecule has 1 aliphatic rings. The second-order valence-electron chi connectivity index (χ2n) is 5.74. The van der Waals surface area contributed by atoms with Gasteiger partial charge in [0.15, 0.2) is 0 Å². The van der Waals surface area contributed by atoms with Crippen molar-refractivity contribution in [3.8, 4) is 0 Å². The van der Waals surface area contributed by atoms with E-state index in [2.05, 4.69) is 15.6 Å². The number of nitrogens with one attached hydrogen (secondary N) is 3. The predicted molar refractivity (Wildman–Crippen MR) is 92.5 cm³/mol. The Kier molecular flexibility index (Phi) is 4.87. The summed E-state index contributed by atoms with van der Waals surface area (Å²) >= 11 is 5.91. The number of carbonyl (C=O) groups excluding carboxylic acids is 1. The standard InChI is InChI=1S/C17H18ClN3O3/c1-10-8-13(9-19-16(10)22)20-17(23)21-14-6-7-24-15(14)11-2-4-12(18)5-3-11/h2-5,8-9,14-15H,6-7H2,1H3,(H,19,22)(H2,20,21,23)/t14-,15-/m0/s1. The molecule has 0 saturated carbocycles. The summed E-state index contributed by atoms with van der Waals surface area (Å²) in [6, 6.07) is 8.57. The minimum absolute atomic E-state index is 0.130. The Bertz CT molecular complexity index is 788. The average Bonchev–Trinajstić information content (AvgIpc) is 2.99. The summed E-state index contributed by atoms with van der Waals surface area (Å²) in [6.07, 6.45) is 1.99. The maximum atomic E-state index is 12.2. The van der Waals surface area contributed by atoms with Crippen molar-refractivity contribution >= 4 is 23.3 Å². The summed E-state index contributed by atoms with van der Waals surface area (Å²) in [4.78, 5) is 26.1. The lowest BCUT2D eigenvalue weighted by molar-refractivity contribution is 0.100. The first-order chi connectivity index (χ1) is 11.5. The number of hydrogen-bond acceptors (Lipinski definition) is 3. The molecule has 2 aromatic rings. The van der Waals surface area contributed by atoms with Gasteiger partial charge in [0.1, 0.15) is 6.10 Å². The number of urea groups is 1. The first-order valence-corrected chi connectivity index (χ1v) is 8.04. The van der Waals surface area contributed by atoms with Gasteiger partial charge in [0.05, 0.1) is 11.7 Å². The molecule has 2 amide bonds. The van der Waals surface area contributed by atoms with Crippen LogP contribution in [0.15, 0.2) is 41.3 Å². The van der Waals surface area contributed by atoms with E-state index in [-0.39, 0.29) is 23.7 Å². The molecule has 6 nitrogen and oxygen atoms in total. The Hall–Kier alpha value is -2.31. The Morgan fingerprint density at radius 1 is 1.33 bits per heavy atom. The number of benzene rings is 1. The summed E-state index contributed by atoms with van der Waals surface area (Å²) < 4.78 is 5.74. The number of halogens is 1. The minimum Gasteiger partial charge on any atom is -0.371 e. The number of carbonyl (C=O) groups is 1. The van der Waals surface area contributed by atoms with E-state index in [1.54, 1.807) is 25.1 Å². The topological polar surface area (TPSA) is 83.2 Å². The highest BCUT2D eigenvalue weighted by atomic mass is 35.5. The van der Waals surface area contributed by atoms with E-state index >= 15 is 0 Å². The highest BCUT2D eigenvalue weighted by Crippen LogP contribution is 2.30. The van der Waals surface area contributed by atoms with Crippen LogP contribution < -0.4 is 16.2 Å². The molecule has 0 spiro atoms. The molecule has 0 bridgehead atoms. The van der Waals surface area contributed by atoms with Crippen molar-refractivity contribution in [2.45, 2.75) is 25.5 Å². The molecule has 1 aliphatic heterocycles. The van der Waals surface area contributed by atoms with Crippen LogP contribution in [-0.4, -0.2) is 23.7 Å². The molecule has 1 aromatic carbocycles. The van der Waals surface area contributed by atoms with Crippen molar-refractivity contribution < 1.29 is 9.53 Å². The van der Waals surface area contributed by atoms with E-state index in [0.717, 1.165) is 12.0 Å². The number of amides is 2. The number of H-pyrrole nitrogens is 1. The largest absolute Gasteiger partial charge is 0.371 e. The van der Waals surface area contributed by atoms with Crippen molar-refractivity contribution in [2.24, 2.45) is 0 Å². The first-order valence-electron chi connectivity index (χ1n) is 7.67. The molecule has 3 N–H and O–H groups in total. The third-order valence-electron chi connectivity index (χ3n) is 3.95. The molecular formula is C17H18ClN3O3. The van der Waals surface area contributed by atoms with Gasteiger partial charge in [-0.25, -0.2) is 4.79 Å². The molecule has 126 valence electrons. The normalized spacial score (nSPS) is 19.9. The number of aryl methyl sites for hydroxylation is 1. The van der Waals surface area contributed by atoms with Crippen LogP contribution in [0.4, 0.5) is 10.5 Å². The summed E-state index contributed by atoms with van der Waals surface area (Å²) in [5.41, 5.74) is 1.87. The summed E-state index contributed by atoms with van der Waals surface area (Å²) in [6.45, 7) is 2.26. The first kappa shape index (κ1) is 16.5. The molecule has 0 unspecified atom stereocenters. The fraction of sp³-hybridized carbons (Fsp3) is 0.294. The van der Waals surface area contributed by atoms with Crippen LogP contribution >= 0.6 is 11.6 Å². The fourth-order valence-corrected chi connectivity index (χ4v) is 2.85. The van der Waals surface area contributed by atoms with Gasteiger partial charge < -0.3 is 20.4 Å². The lowest BCUT2D eigenvalue weighted by Gasteiger charge is -2.20. The Morgan fingerprint density at radius 2 is 2.08 bits per heavy atom. The second kappa shape index (κ2) is 7.07. The van der Waals surface area contributed by atoms with E-state index in [1.807, 2.05) is 12.1 Å². The number of hydrogen-bond donors (Lipinski definition) is 3. The highest BCUT2D eigenvalue weighted by Gasteiger charge is 2.30. The van der Waals surface area contributed by atoms with Crippen LogP contribution in [-0.2, 0) is 4.74 Å². The molecule has 2 heterocycles. The van der Waals surface area contributed by atoms with Crippen molar-refractivity contribution in [1.82, 2.24) is 10.3 Å². The molecule has 0 aliphatic carbocycles. The van der Waals surface area contributed by atoms with E-state index in [4.69, 9.17) is 16.3 Å². The van der Waals surface area contributed by atoms with Crippen molar-refractivity contribution in [3.05, 3.63) is 63.0 Å². The number of pyridine rings is 1. The van der Waals surface area contributed by atoms with E-state index in [9.17, 15) is 9.59 Å². The van der Waals surface area contributed by atoms with Gasteiger partial charge in [-0.1, -0.05) is 23.7 Å². The predicted octanol–water partition coefficient (Wildman–Crippen LogP) is 2.99. The number of aromatic amines is 1. The van der Waals surface area contributed by atoms with Crippen LogP contribution in [0.3, 0.4) is 0 Å². The molecule has 2 atom stereocenters. The van der Waals surface area contributed by atoms with Gasteiger partial charge in [0.25, 0.3) is 5.56 Å². The van der Waals surface area contributed by atoms with Gasteiger partial charge in [-0.3, -0.25) is 4.79 Å². The SMILES string of the molecule is Cc1cc(NC(=O)N[C@H]2CCO[C@H]2c2ccc(Cl)cc2)c[nH]c1=O. The molecule has 1 fully saturated rings. The van der Waals surface area contributed by atoms with Crippen LogP contribution in [0.25, 0.3) is 0 Å². The third kappa shape index (κ3) is 3.77. The van der Waals surface area contributed by atoms with Crippen molar-refractivity contribution in [1.29, 1.82) is 0 Å². The Morgan fingerprint density at radius 3 is 2.79 bits per heavy atom. The van der Waals surface area contributed by atoms with E-state index < -0.39 is 0 Å². The molecule has 0 radical (unpaired) electrons. The fourth-order valence-electron chi connectivity index (χ4n) is 2.72. The molecule has 7 heteroatoms. The van der Waals surface area contributed by atoms with Gasteiger partial charge >= 0.3 is 6.03 Å². The maximum absolute atomic E-state index is 12.2. The molecule has 3 rings (SSSR count). The van der Waals surface area contributed by atoms with E-state index in [0.29, 0.717) is 22.9 Å². The van der Waals surface area contributed by atoms with Gasteiger partial charge in [-0.2, -0.15) is 0 Å². The number of ether oxygens (including phenoxy) is 1. The highest BCUT2D eigenvalue weighted by molar-refractivity contribution is 6.30. The van der Waals surface area contributed by atoms with Crippen molar-refractivity contribution in [3.63, 3.8) is 0 Å². The molecular weight excluding hydrogens is 330 g/mol. The Labute approximate surface area is 144 Å². The maximum Gasteiger partial charge on any atom is 0.319 e. The lowest BCUT2D eigenvalue weighted by Crippen LogP contribution is -2.39. The molecule has 1 saturated heterocycles. The minimum atomic E-state index is -0.337. The van der Waals surface area contributed by atoms with E-state index in [1.165, 1.54) is 6.20 Å². The van der Waals surface area contributed by atoms with Crippen LogP contribution in [0.5, 0.6) is 0 Å². The zero-order valence-electron chi connectivity index (χ0n) is 13.1. The zero-order chi connectivity index (χ0) is 17.1. The average molecular weight is 348 g/mol. The summed E-state index contributed by atoms with van der Waals surface area (Å²) in [5.74, 6) is 0. The monoisotopic (exact) mass is 347 g/mol. The lowest BCUT2D eigenvalue weighted by atomic mass is 10.0.